The highest BCUT2D eigenvalue weighted by molar-refractivity contribution is 6.30. The summed E-state index contributed by atoms with van der Waals surface area (Å²) in [5, 5.41) is 2.90. The van der Waals surface area contributed by atoms with Crippen molar-refractivity contribution in [2.45, 2.75) is 12.6 Å². The number of carbonyl (C=O) groups is 1. The minimum Gasteiger partial charge on any atom is -0.370 e. The second-order valence-corrected chi connectivity index (χ2v) is 6.00. The van der Waals surface area contributed by atoms with E-state index in [1.54, 1.807) is 17.2 Å². The molecule has 24 heavy (non-hydrogen) atoms. The summed E-state index contributed by atoms with van der Waals surface area (Å²) >= 11 is 5.82. The Hall–Kier alpha value is -2.12. The number of rotatable bonds is 3. The Bertz CT molecular complexity index is 737. The van der Waals surface area contributed by atoms with E-state index >= 15 is 0 Å². The standard InChI is InChI=1S/C16H18ClFN4O2/c1-21-5-4-19-15(21)9-20-16(23)22-6-7-24-14(10-22)11-2-3-13(18)12(17)8-11/h2-5,8,14H,6-7,9-10H2,1H3,(H,20,23)/t14-/m0/s1. The molecule has 1 aromatic carbocycles. The van der Waals surface area contributed by atoms with Crippen molar-refractivity contribution < 1.29 is 13.9 Å². The van der Waals surface area contributed by atoms with Crippen LogP contribution in [0.3, 0.4) is 0 Å². The number of nitrogens with zero attached hydrogens (tertiary/aromatic N) is 3. The molecule has 0 spiro atoms. The van der Waals surface area contributed by atoms with Crippen molar-refractivity contribution in [3.8, 4) is 0 Å². The number of aromatic nitrogens is 2. The molecule has 8 heteroatoms. The van der Waals surface area contributed by atoms with Gasteiger partial charge in [-0.15, -0.1) is 0 Å². The first-order valence-electron chi connectivity index (χ1n) is 7.60. The van der Waals surface area contributed by atoms with Crippen LogP contribution in [0.4, 0.5) is 9.18 Å². The molecule has 0 aliphatic carbocycles. The summed E-state index contributed by atoms with van der Waals surface area (Å²) in [6.45, 7) is 1.65. The summed E-state index contributed by atoms with van der Waals surface area (Å²) in [4.78, 5) is 18.2. The molecular formula is C16H18ClFN4O2. The number of hydrogen-bond donors (Lipinski definition) is 1. The Kier molecular flexibility index (Phi) is 5.01. The first kappa shape index (κ1) is 16.7. The SMILES string of the molecule is Cn1ccnc1CNC(=O)N1CCO[C@H](c2ccc(F)c(Cl)c2)C1. The molecule has 1 aliphatic heterocycles. The fourth-order valence-corrected chi connectivity index (χ4v) is 2.77. The molecule has 1 N–H and O–H groups in total. The molecular weight excluding hydrogens is 335 g/mol. The lowest BCUT2D eigenvalue weighted by Crippen LogP contribution is -2.47. The molecule has 1 saturated heterocycles. The lowest BCUT2D eigenvalue weighted by molar-refractivity contribution is -0.0155. The number of hydrogen-bond acceptors (Lipinski definition) is 3. The van der Waals surface area contributed by atoms with Crippen LogP contribution in [-0.2, 0) is 18.3 Å². The second kappa shape index (κ2) is 7.19. The first-order chi connectivity index (χ1) is 11.5. The van der Waals surface area contributed by atoms with Gasteiger partial charge in [-0.3, -0.25) is 0 Å². The van der Waals surface area contributed by atoms with E-state index in [1.807, 2.05) is 17.8 Å². The van der Waals surface area contributed by atoms with E-state index in [2.05, 4.69) is 10.3 Å². The van der Waals surface area contributed by atoms with Gasteiger partial charge >= 0.3 is 6.03 Å². The quantitative estimate of drug-likeness (QED) is 0.923. The van der Waals surface area contributed by atoms with Crippen LogP contribution in [0.5, 0.6) is 0 Å². The zero-order chi connectivity index (χ0) is 17.1. The molecule has 3 rings (SSSR count). The van der Waals surface area contributed by atoms with E-state index in [9.17, 15) is 9.18 Å². The maximum absolute atomic E-state index is 13.3. The predicted molar refractivity (Wildman–Crippen MR) is 87.1 cm³/mol. The minimum atomic E-state index is -0.471. The van der Waals surface area contributed by atoms with E-state index in [0.717, 1.165) is 11.4 Å². The number of nitrogens with one attached hydrogen (secondary N) is 1. The molecule has 128 valence electrons. The van der Waals surface area contributed by atoms with Gasteiger partial charge in [0.2, 0.25) is 0 Å². The van der Waals surface area contributed by atoms with Gasteiger partial charge in [0.25, 0.3) is 0 Å². The third-order valence-corrected chi connectivity index (χ3v) is 4.28. The van der Waals surface area contributed by atoms with Crippen LogP contribution in [-0.4, -0.2) is 40.2 Å². The summed E-state index contributed by atoms with van der Waals surface area (Å²) in [6, 6.07) is 4.29. The van der Waals surface area contributed by atoms with E-state index in [-0.39, 0.29) is 17.2 Å². The maximum Gasteiger partial charge on any atom is 0.317 e. The average Bonchev–Trinajstić information content (AvgIpc) is 3.00. The third-order valence-electron chi connectivity index (χ3n) is 3.99. The van der Waals surface area contributed by atoms with Gasteiger partial charge in [-0.1, -0.05) is 17.7 Å². The number of ether oxygens (including phenoxy) is 1. The summed E-state index contributed by atoms with van der Waals surface area (Å²) in [5.74, 6) is 0.305. The molecule has 1 aromatic heterocycles. The van der Waals surface area contributed by atoms with E-state index < -0.39 is 5.82 Å². The first-order valence-corrected chi connectivity index (χ1v) is 7.98. The largest absolute Gasteiger partial charge is 0.370 e. The fourth-order valence-electron chi connectivity index (χ4n) is 2.58. The molecule has 2 amide bonds. The molecule has 0 saturated carbocycles. The van der Waals surface area contributed by atoms with Crippen LogP contribution in [0, 0.1) is 5.82 Å². The molecule has 1 atom stereocenters. The summed E-state index contributed by atoms with van der Waals surface area (Å²) in [7, 11) is 1.87. The zero-order valence-corrected chi connectivity index (χ0v) is 14.0. The smallest absolute Gasteiger partial charge is 0.317 e. The lowest BCUT2D eigenvalue weighted by Gasteiger charge is -2.33. The highest BCUT2D eigenvalue weighted by Crippen LogP contribution is 2.26. The van der Waals surface area contributed by atoms with Crippen LogP contribution < -0.4 is 5.32 Å². The highest BCUT2D eigenvalue weighted by Gasteiger charge is 2.26. The van der Waals surface area contributed by atoms with Gasteiger partial charge < -0.3 is 19.5 Å². The van der Waals surface area contributed by atoms with Gasteiger partial charge in [-0.05, 0) is 17.7 Å². The zero-order valence-electron chi connectivity index (χ0n) is 13.2. The molecule has 2 heterocycles. The molecule has 0 radical (unpaired) electrons. The van der Waals surface area contributed by atoms with Crippen LogP contribution in [0.1, 0.15) is 17.5 Å². The van der Waals surface area contributed by atoms with Gasteiger partial charge in [-0.2, -0.15) is 0 Å². The monoisotopic (exact) mass is 352 g/mol. The normalized spacial score (nSPS) is 17.8. The van der Waals surface area contributed by atoms with Crippen molar-refractivity contribution in [1.82, 2.24) is 19.8 Å². The van der Waals surface area contributed by atoms with Crippen molar-refractivity contribution in [3.05, 3.63) is 52.8 Å². The minimum absolute atomic E-state index is 0.0486. The number of morpholine rings is 1. The van der Waals surface area contributed by atoms with Crippen molar-refractivity contribution in [1.29, 1.82) is 0 Å². The number of halogens is 2. The molecule has 1 aliphatic rings. The van der Waals surface area contributed by atoms with Gasteiger partial charge in [-0.25, -0.2) is 14.2 Å². The Morgan fingerprint density at radius 3 is 3.08 bits per heavy atom. The Labute approximate surface area is 144 Å². The number of benzene rings is 1. The van der Waals surface area contributed by atoms with Crippen LogP contribution in [0.15, 0.2) is 30.6 Å². The van der Waals surface area contributed by atoms with Gasteiger partial charge in [0.1, 0.15) is 17.7 Å². The van der Waals surface area contributed by atoms with Gasteiger partial charge in [0.15, 0.2) is 0 Å². The molecule has 6 nitrogen and oxygen atoms in total. The van der Waals surface area contributed by atoms with Crippen molar-refractivity contribution >= 4 is 17.6 Å². The molecule has 0 unspecified atom stereocenters. The van der Waals surface area contributed by atoms with Crippen molar-refractivity contribution in [2.75, 3.05) is 19.7 Å². The summed E-state index contributed by atoms with van der Waals surface area (Å²) in [6.07, 6.45) is 3.19. The maximum atomic E-state index is 13.3. The fraction of sp³-hybridized carbons (Fsp3) is 0.375. The topological polar surface area (TPSA) is 59.4 Å². The van der Waals surface area contributed by atoms with E-state index in [4.69, 9.17) is 16.3 Å². The number of imidazole rings is 1. The Morgan fingerprint density at radius 2 is 2.38 bits per heavy atom. The summed E-state index contributed by atoms with van der Waals surface area (Å²) < 4.78 is 20.8. The predicted octanol–water partition coefficient (Wildman–Crippen LogP) is 2.50. The summed E-state index contributed by atoms with van der Waals surface area (Å²) in [5.41, 5.74) is 0.753. The van der Waals surface area contributed by atoms with Gasteiger partial charge in [0, 0.05) is 26.0 Å². The second-order valence-electron chi connectivity index (χ2n) is 5.59. The Morgan fingerprint density at radius 1 is 1.54 bits per heavy atom. The number of aryl methyl sites for hydroxylation is 1. The van der Waals surface area contributed by atoms with Crippen LogP contribution in [0.25, 0.3) is 0 Å². The highest BCUT2D eigenvalue weighted by atomic mass is 35.5. The number of carbonyl (C=O) groups excluding carboxylic acids is 1. The van der Waals surface area contributed by atoms with Gasteiger partial charge in [0.05, 0.1) is 24.7 Å². The van der Waals surface area contributed by atoms with Crippen LogP contribution in [0.2, 0.25) is 5.02 Å². The van der Waals surface area contributed by atoms with Crippen molar-refractivity contribution in [3.63, 3.8) is 0 Å². The van der Waals surface area contributed by atoms with Crippen molar-refractivity contribution in [2.24, 2.45) is 7.05 Å². The number of amides is 2. The van der Waals surface area contributed by atoms with E-state index in [0.29, 0.717) is 26.2 Å². The molecule has 1 fully saturated rings. The van der Waals surface area contributed by atoms with E-state index in [1.165, 1.54) is 12.1 Å². The average molecular weight is 353 g/mol. The molecule has 2 aromatic rings. The molecule has 0 bridgehead atoms. The number of urea groups is 1. The Balaban J connectivity index is 1.61. The third kappa shape index (κ3) is 3.68. The van der Waals surface area contributed by atoms with Crippen LogP contribution >= 0.6 is 11.6 Å². The lowest BCUT2D eigenvalue weighted by atomic mass is 10.1.